The molecule has 0 aliphatic heterocycles. The number of rotatable bonds is 5. The van der Waals surface area contributed by atoms with Crippen molar-refractivity contribution in [1.29, 1.82) is 0 Å². The molecule has 0 fully saturated rings. The molecule has 0 saturated carbocycles. The van der Waals surface area contributed by atoms with E-state index in [0.29, 0.717) is 19.4 Å². The number of nitrogens with one attached hydrogen (secondary N) is 1. The average Bonchev–Trinajstić information content (AvgIpc) is 2.65. The fraction of sp³-hybridized carbons (Fsp3) is 0.636. The van der Waals surface area contributed by atoms with Gasteiger partial charge in [0.05, 0.1) is 6.20 Å². The molecule has 0 spiro atoms. The number of nitrogens with zero attached hydrogens (tertiary/aromatic N) is 2. The maximum atomic E-state index is 11.8. The summed E-state index contributed by atoms with van der Waals surface area (Å²) in [5.74, 6) is 0.111. The molecule has 16 heavy (non-hydrogen) atoms. The number of amides is 1. The Morgan fingerprint density at radius 2 is 2.31 bits per heavy atom. The second-order valence-electron chi connectivity index (χ2n) is 4.84. The van der Waals surface area contributed by atoms with E-state index in [0.717, 1.165) is 5.56 Å². The van der Waals surface area contributed by atoms with Crippen molar-refractivity contribution in [2.75, 3.05) is 7.05 Å². The van der Waals surface area contributed by atoms with Crippen molar-refractivity contribution < 1.29 is 4.79 Å². The van der Waals surface area contributed by atoms with Crippen molar-refractivity contribution in [1.82, 2.24) is 15.1 Å². The summed E-state index contributed by atoms with van der Waals surface area (Å²) >= 11 is 0. The van der Waals surface area contributed by atoms with Gasteiger partial charge in [0.1, 0.15) is 0 Å². The highest BCUT2D eigenvalue weighted by Gasteiger charge is 2.15. The molecule has 0 bridgehead atoms. The van der Waals surface area contributed by atoms with E-state index in [-0.39, 0.29) is 11.4 Å². The van der Waals surface area contributed by atoms with Crippen LogP contribution in [0.25, 0.3) is 0 Å². The van der Waals surface area contributed by atoms with Gasteiger partial charge in [0.15, 0.2) is 0 Å². The molecular weight excluding hydrogens is 204 g/mol. The topological polar surface area (TPSA) is 75.0 Å². The summed E-state index contributed by atoms with van der Waals surface area (Å²) in [6, 6.07) is 0. The number of hydrogen-bond donors (Lipinski definition) is 2. The fourth-order valence-electron chi connectivity index (χ4n) is 1.35. The van der Waals surface area contributed by atoms with E-state index < -0.39 is 0 Å². The SMILES string of the molecule is CN(Cc1cn[nH]c1)C(=O)CCC(C)(C)N. The fourth-order valence-corrected chi connectivity index (χ4v) is 1.35. The molecule has 1 aromatic heterocycles. The Morgan fingerprint density at radius 3 is 2.81 bits per heavy atom. The number of nitrogens with two attached hydrogens (primary N) is 1. The predicted octanol–water partition coefficient (Wildman–Crippen LogP) is 0.886. The van der Waals surface area contributed by atoms with Gasteiger partial charge < -0.3 is 10.6 Å². The van der Waals surface area contributed by atoms with Crippen molar-refractivity contribution in [2.45, 2.75) is 38.8 Å². The molecule has 5 nitrogen and oxygen atoms in total. The van der Waals surface area contributed by atoms with Gasteiger partial charge in [0.2, 0.25) is 5.91 Å². The predicted molar refractivity (Wildman–Crippen MR) is 62.6 cm³/mol. The van der Waals surface area contributed by atoms with E-state index in [2.05, 4.69) is 10.2 Å². The quantitative estimate of drug-likeness (QED) is 0.779. The Morgan fingerprint density at radius 1 is 1.62 bits per heavy atom. The molecule has 5 heteroatoms. The molecule has 0 aromatic carbocycles. The zero-order valence-electron chi connectivity index (χ0n) is 10.2. The maximum Gasteiger partial charge on any atom is 0.222 e. The molecule has 0 unspecified atom stereocenters. The summed E-state index contributed by atoms with van der Waals surface area (Å²) in [4.78, 5) is 13.4. The van der Waals surface area contributed by atoms with E-state index in [1.54, 1.807) is 24.3 Å². The highest BCUT2D eigenvalue weighted by atomic mass is 16.2. The first kappa shape index (κ1) is 12.7. The maximum absolute atomic E-state index is 11.8. The summed E-state index contributed by atoms with van der Waals surface area (Å²) in [5.41, 5.74) is 6.55. The lowest BCUT2D eigenvalue weighted by Gasteiger charge is -2.21. The van der Waals surface area contributed by atoms with Gasteiger partial charge in [-0.25, -0.2) is 0 Å². The Bertz CT molecular complexity index is 326. The normalized spacial score (nSPS) is 11.5. The molecule has 0 radical (unpaired) electrons. The van der Waals surface area contributed by atoms with Crippen molar-refractivity contribution in [3.05, 3.63) is 18.0 Å². The number of hydrogen-bond acceptors (Lipinski definition) is 3. The van der Waals surface area contributed by atoms with E-state index >= 15 is 0 Å². The summed E-state index contributed by atoms with van der Waals surface area (Å²) in [5, 5.41) is 6.56. The third-order valence-electron chi connectivity index (χ3n) is 2.38. The minimum atomic E-state index is -0.286. The van der Waals surface area contributed by atoms with Gasteiger partial charge in [-0.2, -0.15) is 5.10 Å². The van der Waals surface area contributed by atoms with E-state index in [9.17, 15) is 4.79 Å². The zero-order valence-corrected chi connectivity index (χ0v) is 10.2. The van der Waals surface area contributed by atoms with Gasteiger partial charge in [-0.05, 0) is 20.3 Å². The van der Waals surface area contributed by atoms with Gasteiger partial charge in [-0.1, -0.05) is 0 Å². The van der Waals surface area contributed by atoms with Gasteiger partial charge in [-0.15, -0.1) is 0 Å². The largest absolute Gasteiger partial charge is 0.341 e. The van der Waals surface area contributed by atoms with Crippen LogP contribution in [0.15, 0.2) is 12.4 Å². The Kier molecular flexibility index (Phi) is 4.06. The van der Waals surface area contributed by atoms with Crippen molar-refractivity contribution >= 4 is 5.91 Å². The van der Waals surface area contributed by atoms with Crippen LogP contribution >= 0.6 is 0 Å². The lowest BCUT2D eigenvalue weighted by molar-refractivity contribution is -0.130. The van der Waals surface area contributed by atoms with Crippen LogP contribution in [0.3, 0.4) is 0 Å². The molecule has 90 valence electrons. The molecule has 0 aliphatic rings. The highest BCUT2D eigenvalue weighted by molar-refractivity contribution is 5.75. The highest BCUT2D eigenvalue weighted by Crippen LogP contribution is 2.09. The first-order valence-corrected chi connectivity index (χ1v) is 5.39. The number of H-pyrrole nitrogens is 1. The van der Waals surface area contributed by atoms with Crippen LogP contribution in [0, 0.1) is 0 Å². The lowest BCUT2D eigenvalue weighted by Crippen LogP contribution is -2.34. The smallest absolute Gasteiger partial charge is 0.222 e. The van der Waals surface area contributed by atoms with Crippen LogP contribution in [-0.2, 0) is 11.3 Å². The van der Waals surface area contributed by atoms with Gasteiger partial charge in [-0.3, -0.25) is 9.89 Å². The first-order chi connectivity index (χ1) is 7.38. The summed E-state index contributed by atoms with van der Waals surface area (Å²) in [6.45, 7) is 4.44. The average molecular weight is 224 g/mol. The Balaban J connectivity index is 2.37. The van der Waals surface area contributed by atoms with E-state index in [4.69, 9.17) is 5.73 Å². The van der Waals surface area contributed by atoms with Crippen LogP contribution in [0.2, 0.25) is 0 Å². The number of carbonyl (C=O) groups excluding carboxylic acids is 1. The number of aromatic amines is 1. The zero-order chi connectivity index (χ0) is 12.2. The minimum Gasteiger partial charge on any atom is -0.341 e. The van der Waals surface area contributed by atoms with E-state index in [1.807, 2.05) is 13.8 Å². The molecule has 1 amide bonds. The van der Waals surface area contributed by atoms with E-state index in [1.165, 1.54) is 0 Å². The van der Waals surface area contributed by atoms with Crippen LogP contribution in [0.5, 0.6) is 0 Å². The second-order valence-corrected chi connectivity index (χ2v) is 4.84. The van der Waals surface area contributed by atoms with Crippen molar-refractivity contribution in [3.63, 3.8) is 0 Å². The van der Waals surface area contributed by atoms with Crippen LogP contribution in [0.4, 0.5) is 0 Å². The third-order valence-corrected chi connectivity index (χ3v) is 2.38. The minimum absolute atomic E-state index is 0.111. The summed E-state index contributed by atoms with van der Waals surface area (Å²) in [6.07, 6.45) is 4.69. The summed E-state index contributed by atoms with van der Waals surface area (Å²) < 4.78 is 0. The van der Waals surface area contributed by atoms with Gasteiger partial charge in [0, 0.05) is 37.3 Å². The molecule has 1 heterocycles. The Labute approximate surface area is 96.0 Å². The molecule has 0 aliphatic carbocycles. The lowest BCUT2D eigenvalue weighted by atomic mass is 10.00. The third kappa shape index (κ3) is 4.44. The van der Waals surface area contributed by atoms with Crippen molar-refractivity contribution in [2.24, 2.45) is 5.73 Å². The first-order valence-electron chi connectivity index (χ1n) is 5.39. The molecule has 1 aromatic rings. The van der Waals surface area contributed by atoms with Crippen LogP contribution in [0.1, 0.15) is 32.3 Å². The molecule has 0 atom stereocenters. The van der Waals surface area contributed by atoms with Crippen LogP contribution in [-0.4, -0.2) is 33.6 Å². The standard InChI is InChI=1S/C11H20N4O/c1-11(2,12)5-4-10(16)15(3)8-9-6-13-14-7-9/h6-7H,4-5,8,12H2,1-3H3,(H,13,14). The van der Waals surface area contributed by atoms with Gasteiger partial charge >= 0.3 is 0 Å². The number of aromatic nitrogens is 2. The van der Waals surface area contributed by atoms with Gasteiger partial charge in [0.25, 0.3) is 0 Å². The van der Waals surface area contributed by atoms with Crippen LogP contribution < -0.4 is 5.73 Å². The Hall–Kier alpha value is -1.36. The number of carbonyl (C=O) groups is 1. The monoisotopic (exact) mass is 224 g/mol. The second kappa shape index (κ2) is 5.12. The molecule has 1 rings (SSSR count). The molecule has 3 N–H and O–H groups in total. The van der Waals surface area contributed by atoms with Crippen molar-refractivity contribution in [3.8, 4) is 0 Å². The molecular formula is C11H20N4O. The summed E-state index contributed by atoms with van der Waals surface area (Å²) in [7, 11) is 1.79. The molecule has 0 saturated heterocycles.